The van der Waals surface area contributed by atoms with Gasteiger partial charge in [0, 0.05) is 18.9 Å². The van der Waals surface area contributed by atoms with E-state index in [0.29, 0.717) is 29.4 Å². The maximum absolute atomic E-state index is 10.9. The molecule has 0 unspecified atom stereocenters. The van der Waals surface area contributed by atoms with Crippen LogP contribution in [0.3, 0.4) is 0 Å². The fourth-order valence-electron chi connectivity index (χ4n) is 1.35. The summed E-state index contributed by atoms with van der Waals surface area (Å²) in [5.74, 6) is 0.655. The summed E-state index contributed by atoms with van der Waals surface area (Å²) < 4.78 is 1.63. The van der Waals surface area contributed by atoms with Crippen molar-refractivity contribution in [3.8, 4) is 0 Å². The van der Waals surface area contributed by atoms with E-state index in [0.717, 1.165) is 0 Å². The topological polar surface area (TPSA) is 81.2 Å². The number of aryl methyl sites for hydroxylation is 2. The van der Waals surface area contributed by atoms with Gasteiger partial charge in [-0.3, -0.25) is 14.8 Å². The number of aromatic nitrogens is 2. The molecule has 0 amide bonds. The molecule has 7 heteroatoms. The van der Waals surface area contributed by atoms with Crippen LogP contribution in [0.1, 0.15) is 19.0 Å². The van der Waals surface area contributed by atoms with Crippen LogP contribution >= 0.6 is 11.8 Å². The molecule has 1 aromatic heterocycles. The molecular weight excluding hydrogens is 230 g/mol. The number of aliphatic hydroxyl groups is 1. The Morgan fingerprint density at radius 3 is 2.81 bits per heavy atom. The first kappa shape index (κ1) is 13.0. The van der Waals surface area contributed by atoms with E-state index < -0.39 is 4.92 Å². The van der Waals surface area contributed by atoms with E-state index in [1.807, 2.05) is 6.92 Å². The standard InChI is InChI=1S/C9H15N3O3S/c1-3-11-9(16-6-4-5-13)8(12(14)15)7(2)10-11/h13H,3-6H2,1-2H3. The molecule has 0 spiro atoms. The Morgan fingerprint density at radius 2 is 2.31 bits per heavy atom. The molecule has 1 heterocycles. The fourth-order valence-corrected chi connectivity index (χ4v) is 2.50. The minimum absolute atomic E-state index is 0.0878. The van der Waals surface area contributed by atoms with Crippen molar-refractivity contribution in [3.63, 3.8) is 0 Å². The number of nitro groups is 1. The minimum atomic E-state index is -0.393. The third kappa shape index (κ3) is 2.73. The van der Waals surface area contributed by atoms with Crippen LogP contribution in [0.2, 0.25) is 0 Å². The Morgan fingerprint density at radius 1 is 1.62 bits per heavy atom. The van der Waals surface area contributed by atoms with Gasteiger partial charge >= 0.3 is 5.69 Å². The van der Waals surface area contributed by atoms with Gasteiger partial charge in [0.1, 0.15) is 5.69 Å². The summed E-state index contributed by atoms with van der Waals surface area (Å²) in [4.78, 5) is 10.5. The Hall–Kier alpha value is -1.08. The summed E-state index contributed by atoms with van der Waals surface area (Å²) in [6.07, 6.45) is 0.621. The largest absolute Gasteiger partial charge is 0.396 e. The van der Waals surface area contributed by atoms with Crippen LogP contribution in [0.4, 0.5) is 5.69 Å². The molecule has 6 nitrogen and oxygen atoms in total. The SMILES string of the molecule is CCn1nc(C)c([N+](=O)[O-])c1SCCCO. The van der Waals surface area contributed by atoms with Crippen molar-refractivity contribution >= 4 is 17.4 Å². The van der Waals surface area contributed by atoms with Gasteiger partial charge in [0.2, 0.25) is 0 Å². The zero-order valence-corrected chi connectivity index (χ0v) is 10.2. The normalized spacial score (nSPS) is 10.7. The van der Waals surface area contributed by atoms with Gasteiger partial charge in [0.05, 0.1) is 4.92 Å². The van der Waals surface area contributed by atoms with Crippen molar-refractivity contribution < 1.29 is 10.0 Å². The van der Waals surface area contributed by atoms with E-state index in [1.165, 1.54) is 11.8 Å². The predicted octanol–water partition coefficient (Wildman–Crippen LogP) is 1.59. The zero-order valence-electron chi connectivity index (χ0n) is 9.34. The van der Waals surface area contributed by atoms with Gasteiger partial charge in [-0.25, -0.2) is 0 Å². The van der Waals surface area contributed by atoms with Crippen molar-refractivity contribution in [1.29, 1.82) is 0 Å². The first-order chi connectivity index (χ1) is 7.61. The van der Waals surface area contributed by atoms with Gasteiger partial charge < -0.3 is 5.11 Å². The van der Waals surface area contributed by atoms with Crippen molar-refractivity contribution in [2.24, 2.45) is 0 Å². The molecule has 0 aromatic carbocycles. The summed E-state index contributed by atoms with van der Waals surface area (Å²) >= 11 is 1.37. The van der Waals surface area contributed by atoms with E-state index in [2.05, 4.69) is 5.10 Å². The molecule has 90 valence electrons. The summed E-state index contributed by atoms with van der Waals surface area (Å²) in [7, 11) is 0. The van der Waals surface area contributed by atoms with Crippen LogP contribution in [-0.2, 0) is 6.54 Å². The van der Waals surface area contributed by atoms with Gasteiger partial charge in [-0.05, 0) is 20.3 Å². The van der Waals surface area contributed by atoms with Crippen LogP contribution in [0.15, 0.2) is 5.03 Å². The van der Waals surface area contributed by atoms with Crippen molar-refractivity contribution in [2.45, 2.75) is 31.8 Å². The molecule has 0 radical (unpaired) electrons. The summed E-state index contributed by atoms with van der Waals surface area (Å²) in [5, 5.41) is 24.3. The molecule has 0 aliphatic heterocycles. The second kappa shape index (κ2) is 5.86. The third-order valence-electron chi connectivity index (χ3n) is 2.07. The predicted molar refractivity (Wildman–Crippen MR) is 61.7 cm³/mol. The Kier molecular flexibility index (Phi) is 4.75. The van der Waals surface area contributed by atoms with Crippen LogP contribution in [0.25, 0.3) is 0 Å². The smallest absolute Gasteiger partial charge is 0.323 e. The molecule has 1 aromatic rings. The number of aliphatic hydroxyl groups excluding tert-OH is 1. The van der Waals surface area contributed by atoms with E-state index in [4.69, 9.17) is 5.11 Å². The number of nitrogens with zero attached hydrogens (tertiary/aromatic N) is 3. The van der Waals surface area contributed by atoms with Gasteiger partial charge in [0.15, 0.2) is 5.03 Å². The molecule has 0 aliphatic carbocycles. The quantitative estimate of drug-likeness (QED) is 0.356. The number of hydrogen-bond donors (Lipinski definition) is 1. The monoisotopic (exact) mass is 245 g/mol. The average Bonchev–Trinajstić information content (AvgIpc) is 2.55. The second-order valence-electron chi connectivity index (χ2n) is 3.24. The van der Waals surface area contributed by atoms with E-state index in [1.54, 1.807) is 11.6 Å². The van der Waals surface area contributed by atoms with Crippen molar-refractivity contribution in [1.82, 2.24) is 9.78 Å². The maximum atomic E-state index is 10.9. The summed E-state index contributed by atoms with van der Waals surface area (Å²) in [5.41, 5.74) is 0.531. The lowest BCUT2D eigenvalue weighted by Crippen LogP contribution is -2.00. The van der Waals surface area contributed by atoms with Gasteiger partial charge in [0.25, 0.3) is 0 Å². The summed E-state index contributed by atoms with van der Waals surface area (Å²) in [6.45, 7) is 4.24. The average molecular weight is 245 g/mol. The first-order valence-corrected chi connectivity index (χ1v) is 6.05. The van der Waals surface area contributed by atoms with Crippen LogP contribution < -0.4 is 0 Å². The molecule has 16 heavy (non-hydrogen) atoms. The highest BCUT2D eigenvalue weighted by Gasteiger charge is 2.24. The van der Waals surface area contributed by atoms with Crippen LogP contribution in [-0.4, -0.2) is 32.2 Å². The van der Waals surface area contributed by atoms with Crippen LogP contribution in [0.5, 0.6) is 0 Å². The minimum Gasteiger partial charge on any atom is -0.396 e. The molecular formula is C9H15N3O3S. The number of thioether (sulfide) groups is 1. The highest BCUT2D eigenvalue weighted by Crippen LogP contribution is 2.32. The molecule has 0 saturated heterocycles. The molecule has 1 N–H and O–H groups in total. The third-order valence-corrected chi connectivity index (χ3v) is 3.24. The maximum Gasteiger partial charge on any atom is 0.323 e. The Bertz CT molecular complexity index is 378. The molecule has 1 rings (SSSR count). The lowest BCUT2D eigenvalue weighted by atomic mass is 10.4. The Labute approximate surface area is 97.8 Å². The van der Waals surface area contributed by atoms with Crippen LogP contribution in [0, 0.1) is 17.0 Å². The number of rotatable bonds is 6. The van der Waals surface area contributed by atoms with Crippen molar-refractivity contribution in [3.05, 3.63) is 15.8 Å². The highest BCUT2D eigenvalue weighted by atomic mass is 32.2. The van der Waals surface area contributed by atoms with E-state index in [9.17, 15) is 10.1 Å². The lowest BCUT2D eigenvalue weighted by molar-refractivity contribution is -0.388. The van der Waals surface area contributed by atoms with E-state index >= 15 is 0 Å². The van der Waals surface area contributed by atoms with Gasteiger partial charge in [-0.2, -0.15) is 5.10 Å². The molecule has 0 fully saturated rings. The highest BCUT2D eigenvalue weighted by molar-refractivity contribution is 7.99. The molecule has 0 bridgehead atoms. The van der Waals surface area contributed by atoms with Gasteiger partial charge in [-0.15, -0.1) is 0 Å². The molecule has 0 aliphatic rings. The van der Waals surface area contributed by atoms with E-state index in [-0.39, 0.29) is 12.3 Å². The first-order valence-electron chi connectivity index (χ1n) is 5.07. The zero-order chi connectivity index (χ0) is 12.1. The van der Waals surface area contributed by atoms with Gasteiger partial charge in [-0.1, -0.05) is 11.8 Å². The molecule has 0 saturated carbocycles. The lowest BCUT2D eigenvalue weighted by Gasteiger charge is -2.02. The molecule has 0 atom stereocenters. The number of hydrogen-bond acceptors (Lipinski definition) is 5. The fraction of sp³-hybridized carbons (Fsp3) is 0.667. The Balaban J connectivity index is 2.97. The van der Waals surface area contributed by atoms with Crippen molar-refractivity contribution in [2.75, 3.05) is 12.4 Å². The summed E-state index contributed by atoms with van der Waals surface area (Å²) in [6, 6.07) is 0. The second-order valence-corrected chi connectivity index (χ2v) is 4.32.